The third kappa shape index (κ3) is 4.90. The van der Waals surface area contributed by atoms with Gasteiger partial charge in [-0.1, -0.05) is 23.7 Å². The second-order valence-corrected chi connectivity index (χ2v) is 8.86. The quantitative estimate of drug-likeness (QED) is 0.419. The monoisotopic (exact) mass is 475 g/mol. The number of ether oxygens (including phenoxy) is 1. The van der Waals surface area contributed by atoms with E-state index in [1.54, 1.807) is 12.1 Å². The molecule has 7 nitrogen and oxygen atoms in total. The first kappa shape index (κ1) is 22.4. The summed E-state index contributed by atoms with van der Waals surface area (Å²) in [5.41, 5.74) is 5.43. The van der Waals surface area contributed by atoms with Crippen molar-refractivity contribution in [1.29, 1.82) is 0 Å². The van der Waals surface area contributed by atoms with Gasteiger partial charge in [-0.25, -0.2) is 9.78 Å². The third-order valence-corrected chi connectivity index (χ3v) is 6.47. The number of fused-ring (bicyclic) bond motifs is 1. The summed E-state index contributed by atoms with van der Waals surface area (Å²) in [6.07, 6.45) is 2.46. The average molecular weight is 476 g/mol. The van der Waals surface area contributed by atoms with Crippen molar-refractivity contribution >= 4 is 34.3 Å². The fraction of sp³-hybridized carbons (Fsp3) is 0.269. The van der Waals surface area contributed by atoms with Crippen molar-refractivity contribution in [2.45, 2.75) is 13.0 Å². The molecule has 0 amide bonds. The number of para-hydroxylation sites is 1. The van der Waals surface area contributed by atoms with Gasteiger partial charge in [0.15, 0.2) is 0 Å². The smallest absolute Gasteiger partial charge is 0.337 e. The molecular weight excluding hydrogens is 450 g/mol. The summed E-state index contributed by atoms with van der Waals surface area (Å²) < 4.78 is 4.80. The van der Waals surface area contributed by atoms with Crippen LogP contribution in [0.3, 0.4) is 0 Å². The molecule has 0 saturated carbocycles. The number of benzene rings is 2. The number of piperazine rings is 1. The Kier molecular flexibility index (Phi) is 6.47. The number of nitrogens with one attached hydrogen (secondary N) is 1. The molecule has 0 spiro atoms. The number of rotatable bonds is 6. The van der Waals surface area contributed by atoms with Crippen LogP contribution in [0.5, 0.6) is 0 Å². The van der Waals surface area contributed by atoms with Crippen LogP contribution in [-0.4, -0.2) is 59.1 Å². The highest BCUT2D eigenvalue weighted by Crippen LogP contribution is 2.26. The number of methoxy groups -OCH3 is 1. The lowest BCUT2D eigenvalue weighted by molar-refractivity contribution is 0.0601. The average Bonchev–Trinajstić information content (AvgIpc) is 3.26. The molecule has 0 unspecified atom stereocenters. The molecule has 8 heteroatoms. The topological polar surface area (TPSA) is 74.3 Å². The van der Waals surface area contributed by atoms with Crippen LogP contribution in [0.2, 0.25) is 5.02 Å². The third-order valence-electron chi connectivity index (χ3n) is 6.15. The van der Waals surface area contributed by atoms with Gasteiger partial charge < -0.3 is 14.6 Å². The van der Waals surface area contributed by atoms with E-state index in [0.29, 0.717) is 12.0 Å². The first-order valence-corrected chi connectivity index (χ1v) is 11.7. The van der Waals surface area contributed by atoms with Crippen LogP contribution in [0.1, 0.15) is 27.4 Å². The molecule has 0 atom stereocenters. The number of nitrogens with zero attached hydrogens (tertiary/aromatic N) is 4. The molecule has 34 heavy (non-hydrogen) atoms. The van der Waals surface area contributed by atoms with Crippen LogP contribution < -0.4 is 4.90 Å². The summed E-state index contributed by atoms with van der Waals surface area (Å²) in [5, 5.41) is 0.807. The van der Waals surface area contributed by atoms with Gasteiger partial charge in [0, 0.05) is 51.0 Å². The zero-order valence-electron chi connectivity index (χ0n) is 19.0. The van der Waals surface area contributed by atoms with Crippen LogP contribution in [0.15, 0.2) is 60.8 Å². The number of carbonyl (C=O) groups is 1. The van der Waals surface area contributed by atoms with E-state index in [-0.39, 0.29) is 5.97 Å². The Bertz CT molecular complexity index is 1310. The highest BCUT2D eigenvalue weighted by Gasteiger charge is 2.19. The molecule has 2 aromatic heterocycles. The van der Waals surface area contributed by atoms with Crippen molar-refractivity contribution in [3.8, 4) is 0 Å². The van der Waals surface area contributed by atoms with Gasteiger partial charge in [-0.05, 0) is 48.0 Å². The Morgan fingerprint density at radius 3 is 2.71 bits per heavy atom. The lowest BCUT2D eigenvalue weighted by Crippen LogP contribution is -2.46. The number of pyridine rings is 1. The lowest BCUT2D eigenvalue weighted by atomic mass is 10.1. The van der Waals surface area contributed by atoms with E-state index in [9.17, 15) is 4.79 Å². The molecule has 5 rings (SSSR count). The van der Waals surface area contributed by atoms with E-state index in [1.807, 2.05) is 30.5 Å². The van der Waals surface area contributed by atoms with Gasteiger partial charge in [-0.15, -0.1) is 0 Å². The Hall–Kier alpha value is -3.42. The van der Waals surface area contributed by atoms with Crippen LogP contribution in [0, 0.1) is 0 Å². The molecule has 1 N–H and O–H groups in total. The van der Waals surface area contributed by atoms with Crippen molar-refractivity contribution in [2.24, 2.45) is 0 Å². The van der Waals surface area contributed by atoms with Crippen LogP contribution >= 0.6 is 11.6 Å². The molecule has 2 aromatic carbocycles. The summed E-state index contributed by atoms with van der Waals surface area (Å²) in [6, 6.07) is 17.6. The van der Waals surface area contributed by atoms with Crippen LogP contribution in [-0.2, 0) is 17.7 Å². The normalized spacial score (nSPS) is 14.5. The molecule has 0 aliphatic carbocycles. The second-order valence-electron chi connectivity index (χ2n) is 8.45. The summed E-state index contributed by atoms with van der Waals surface area (Å²) in [5.74, 6) is 0.454. The number of hydrogen-bond acceptors (Lipinski definition) is 6. The molecule has 1 aliphatic rings. The van der Waals surface area contributed by atoms with Crippen molar-refractivity contribution in [2.75, 3.05) is 38.2 Å². The van der Waals surface area contributed by atoms with E-state index in [4.69, 9.17) is 16.3 Å². The first-order valence-electron chi connectivity index (χ1n) is 11.3. The van der Waals surface area contributed by atoms with Crippen molar-refractivity contribution < 1.29 is 9.53 Å². The van der Waals surface area contributed by atoms with Crippen molar-refractivity contribution in [3.63, 3.8) is 0 Å². The number of anilines is 1. The standard InChI is InChI=1S/C26H26ClN5O2/c1-34-26(33)19-6-7-22-23(15-19)30-25(29-22)16-20-14-18(8-9-28-20)17-31-10-12-32(13-11-31)24-5-3-2-4-21(24)27/h2-9,14-15H,10-13,16-17H2,1H3,(H,29,30). The van der Waals surface area contributed by atoms with Gasteiger partial charge in [0.1, 0.15) is 5.82 Å². The van der Waals surface area contributed by atoms with Gasteiger partial charge in [-0.3, -0.25) is 9.88 Å². The summed E-state index contributed by atoms with van der Waals surface area (Å²) in [7, 11) is 1.38. The van der Waals surface area contributed by atoms with E-state index >= 15 is 0 Å². The number of H-pyrrole nitrogens is 1. The minimum absolute atomic E-state index is 0.361. The van der Waals surface area contributed by atoms with E-state index in [0.717, 1.165) is 66.0 Å². The predicted octanol–water partition coefficient (Wildman–Crippen LogP) is 4.31. The van der Waals surface area contributed by atoms with Crippen LogP contribution in [0.25, 0.3) is 11.0 Å². The maximum absolute atomic E-state index is 11.8. The zero-order chi connectivity index (χ0) is 23.5. The SMILES string of the molecule is COC(=O)c1ccc2nc(Cc3cc(CN4CCN(c5ccccc5Cl)CC4)ccn3)[nH]c2c1. The van der Waals surface area contributed by atoms with Crippen LogP contribution in [0.4, 0.5) is 5.69 Å². The molecule has 1 saturated heterocycles. The molecule has 3 heterocycles. The fourth-order valence-corrected chi connectivity index (χ4v) is 4.65. The number of esters is 1. The molecule has 1 fully saturated rings. The molecule has 174 valence electrons. The molecule has 4 aromatic rings. The Balaban J connectivity index is 1.22. The molecule has 1 aliphatic heterocycles. The number of carbonyl (C=O) groups excluding carboxylic acids is 1. The summed E-state index contributed by atoms with van der Waals surface area (Å²) in [4.78, 5) is 29.1. The first-order chi connectivity index (χ1) is 16.6. The van der Waals surface area contributed by atoms with Gasteiger partial charge >= 0.3 is 5.97 Å². The molecular formula is C26H26ClN5O2. The van der Waals surface area contributed by atoms with Gasteiger partial charge in [0.2, 0.25) is 0 Å². The zero-order valence-corrected chi connectivity index (χ0v) is 19.8. The van der Waals surface area contributed by atoms with Gasteiger partial charge in [0.05, 0.1) is 34.4 Å². The minimum atomic E-state index is -0.361. The summed E-state index contributed by atoms with van der Waals surface area (Å²) >= 11 is 6.37. The maximum Gasteiger partial charge on any atom is 0.337 e. The van der Waals surface area contributed by atoms with E-state index < -0.39 is 0 Å². The number of hydrogen-bond donors (Lipinski definition) is 1. The fourth-order valence-electron chi connectivity index (χ4n) is 4.40. The predicted molar refractivity (Wildman–Crippen MR) is 133 cm³/mol. The Labute approximate surface area is 203 Å². The van der Waals surface area contributed by atoms with Gasteiger partial charge in [-0.2, -0.15) is 0 Å². The maximum atomic E-state index is 11.8. The Morgan fingerprint density at radius 2 is 1.91 bits per heavy atom. The molecule has 0 radical (unpaired) electrons. The molecule has 0 bridgehead atoms. The van der Waals surface area contributed by atoms with Crippen molar-refractivity contribution in [1.82, 2.24) is 19.9 Å². The number of halogens is 1. The van der Waals surface area contributed by atoms with Gasteiger partial charge in [0.25, 0.3) is 0 Å². The van der Waals surface area contributed by atoms with E-state index in [2.05, 4.69) is 43.0 Å². The highest BCUT2D eigenvalue weighted by atomic mass is 35.5. The number of aromatic nitrogens is 3. The largest absolute Gasteiger partial charge is 0.465 e. The minimum Gasteiger partial charge on any atom is -0.465 e. The van der Waals surface area contributed by atoms with Crippen molar-refractivity contribution in [3.05, 3.63) is 88.5 Å². The Morgan fingerprint density at radius 1 is 1.09 bits per heavy atom. The van der Waals surface area contributed by atoms with E-state index in [1.165, 1.54) is 12.7 Å². The number of aromatic amines is 1. The second kappa shape index (κ2) is 9.83. The number of imidazole rings is 1. The lowest BCUT2D eigenvalue weighted by Gasteiger charge is -2.36. The summed E-state index contributed by atoms with van der Waals surface area (Å²) in [6.45, 7) is 4.75. The highest BCUT2D eigenvalue weighted by molar-refractivity contribution is 6.33.